The Morgan fingerprint density at radius 1 is 0.235 bits per heavy atom. The molecule has 0 bridgehead atoms. The summed E-state index contributed by atoms with van der Waals surface area (Å²) in [6.45, 7) is 41.9. The van der Waals surface area contributed by atoms with Crippen molar-refractivity contribution in [3.05, 3.63) is 391 Å². The van der Waals surface area contributed by atoms with Crippen molar-refractivity contribution in [2.24, 2.45) is 0 Å². The molecule has 22 rings (SSSR count). The minimum atomic E-state index is -0.396. The van der Waals surface area contributed by atoms with E-state index in [9.17, 15) is 0 Å². The van der Waals surface area contributed by atoms with E-state index < -0.39 is 6.71 Å². The van der Waals surface area contributed by atoms with E-state index >= 15 is 0 Å². The first-order valence-corrected chi connectivity index (χ1v) is 47.3. The monoisotopic (exact) mass is 1710 g/mol. The minimum absolute atomic E-state index is 0.0809. The Morgan fingerprint density at radius 3 is 1.12 bits per heavy atom. The van der Waals surface area contributed by atoms with Crippen LogP contribution in [0.4, 0.5) is 45.5 Å². The molecule has 0 saturated heterocycles. The first-order valence-electron chi connectivity index (χ1n) is 47.3. The third kappa shape index (κ3) is 13.9. The van der Waals surface area contributed by atoms with Crippen molar-refractivity contribution in [2.45, 2.75) is 157 Å². The lowest BCUT2D eigenvalue weighted by Gasteiger charge is -2.46. The maximum Gasteiger partial charge on any atom is 0.252 e. The fourth-order valence-electron chi connectivity index (χ4n) is 21.4. The largest absolute Gasteiger partial charge is 0.355 e. The van der Waals surface area contributed by atoms with Gasteiger partial charge >= 0.3 is 0 Å². The van der Waals surface area contributed by atoms with Crippen LogP contribution in [0.1, 0.15) is 158 Å². The van der Waals surface area contributed by atoms with Crippen LogP contribution in [-0.4, -0.2) is 15.7 Å². The van der Waals surface area contributed by atoms with Crippen LogP contribution < -0.4 is 31.5 Å². The number of para-hydroxylation sites is 2. The summed E-state index contributed by atoms with van der Waals surface area (Å²) in [7, 11) is 0. The Labute approximate surface area is 778 Å². The molecule has 5 nitrogen and oxygen atoms in total. The van der Waals surface area contributed by atoms with Gasteiger partial charge in [0.15, 0.2) is 0 Å². The molecule has 132 heavy (non-hydrogen) atoms. The molecule has 3 aromatic heterocycles. The second kappa shape index (κ2) is 30.7. The first kappa shape index (κ1) is 83.4. The molecule has 2 aliphatic rings. The highest BCUT2D eigenvalue weighted by Crippen LogP contribution is 2.59. The molecule has 0 saturated carbocycles. The van der Waals surface area contributed by atoms with Crippen LogP contribution in [-0.2, 0) is 32.5 Å². The lowest BCUT2D eigenvalue weighted by molar-refractivity contribution is 0.589. The van der Waals surface area contributed by atoms with Crippen molar-refractivity contribution < 1.29 is 0 Å². The van der Waals surface area contributed by atoms with Crippen molar-refractivity contribution in [3.8, 4) is 61.3 Å². The molecule has 0 atom stereocenters. The number of anilines is 8. The number of benzene rings is 17. The van der Waals surface area contributed by atoms with E-state index in [-0.39, 0.29) is 32.5 Å². The smallest absolute Gasteiger partial charge is 0.252 e. The molecule has 6 heteroatoms. The summed E-state index contributed by atoms with van der Waals surface area (Å²) in [6.07, 6.45) is 0. The molecular weight excluding hydrogens is 1590 g/mol. The predicted octanol–water partition coefficient (Wildman–Crippen LogP) is 33.3. The lowest BCUT2D eigenvalue weighted by atomic mass is 9.33. The SMILES string of the molecule is CC(C)(C)c1cccc(-c2cc(C(C)(C)C)ccc2Nc2ccc3c(c2)N(c2c(-c4ccccc4)cc(C(C)(C)C)cc2-c2ccccc2)c2cc4c(c5c2B3c2ccc(-n3c6ccc(C(C)(C)C)cc6c6cc(C(C)(C)C)ccc63)cc2N5c2c(-c3ccccc3)cc(C(C)(C)C)cc2-c2ccccc2)c2cccc3c5ccccc5c5ccccc5c5ccccc5n4c32)c1. The molecule has 0 amide bonds. The molecule has 17 aromatic carbocycles. The van der Waals surface area contributed by atoms with Gasteiger partial charge in [-0.2, -0.15) is 0 Å². The van der Waals surface area contributed by atoms with Crippen molar-refractivity contribution in [3.63, 3.8) is 0 Å². The van der Waals surface area contributed by atoms with Crippen molar-refractivity contribution in [2.75, 3.05) is 15.1 Å². The summed E-state index contributed by atoms with van der Waals surface area (Å²) < 4.78 is 5.31. The highest BCUT2D eigenvalue weighted by Gasteiger charge is 2.48. The van der Waals surface area contributed by atoms with E-state index in [1.807, 2.05) is 0 Å². The maximum atomic E-state index is 4.30. The standard InChI is InChI=1S/C126H114BN5/c1-121(2,3)83-48-37-47-82(67-83)98-68-84(122(4,5)6)57-64-107(98)128-89-60-62-105-111(75-89)131(118-99(78-39-23-19-24-40-78)71-87(125(13,14)15)72-100(118)79-41-25-20-26-42-79)114-77-113-115(97-55-38-54-96-94-52-34-32-50-92(94)91-49-31-33-51-93(91)95-53-35-36-56-108(95)130(113)117(96)97)120-116(114)127(105)106-63-61-90(129-109-65-58-85(123(7,8)9)69-103(109)104-70-86(124(10,11)12)59-66-110(104)129)76-112(106)132(120)119-101(80-43-27-21-28-44-80)73-88(126(16,17)18)74-102(119)81-45-29-22-30-46-81/h19-77,128H,1-18H3. The molecule has 20 aromatic rings. The van der Waals surface area contributed by atoms with Crippen LogP contribution in [0.15, 0.2) is 358 Å². The van der Waals surface area contributed by atoms with Gasteiger partial charge in [-0.05, 0) is 229 Å². The Kier molecular flexibility index (Phi) is 19.4. The number of rotatable bonds is 10. The van der Waals surface area contributed by atoms with Gasteiger partial charge in [0.25, 0.3) is 6.71 Å². The molecule has 0 spiro atoms. The Morgan fingerprint density at radius 2 is 0.621 bits per heavy atom. The van der Waals surface area contributed by atoms with Crippen LogP contribution in [0.5, 0.6) is 0 Å². The summed E-state index contributed by atoms with van der Waals surface area (Å²) in [4.78, 5) is 5.61. The Bertz CT molecular complexity index is 7950. The van der Waals surface area contributed by atoms with Crippen LogP contribution in [0.2, 0.25) is 0 Å². The molecule has 0 unspecified atom stereocenters. The molecule has 5 heterocycles. The summed E-state index contributed by atoms with van der Waals surface area (Å²) in [6, 6.07) is 139. The van der Waals surface area contributed by atoms with E-state index in [0.717, 1.165) is 150 Å². The topological polar surface area (TPSA) is 27.8 Å². The van der Waals surface area contributed by atoms with Crippen molar-refractivity contribution in [1.82, 2.24) is 8.97 Å². The summed E-state index contributed by atoms with van der Waals surface area (Å²) in [5, 5.41) is 16.1. The fourth-order valence-corrected chi connectivity index (χ4v) is 21.4. The zero-order valence-corrected chi connectivity index (χ0v) is 79.4. The zero-order valence-electron chi connectivity index (χ0n) is 79.4. The highest BCUT2D eigenvalue weighted by molar-refractivity contribution is 7.00. The molecule has 2 aliphatic heterocycles. The van der Waals surface area contributed by atoms with E-state index in [1.54, 1.807) is 0 Å². The number of aromatic nitrogens is 2. The van der Waals surface area contributed by atoms with Crippen molar-refractivity contribution >= 4 is 150 Å². The van der Waals surface area contributed by atoms with Gasteiger partial charge in [-0.3, -0.25) is 0 Å². The molecule has 0 aliphatic carbocycles. The van der Waals surface area contributed by atoms with Gasteiger partial charge in [0.05, 0.1) is 44.6 Å². The summed E-state index contributed by atoms with van der Waals surface area (Å²) in [5.41, 5.74) is 36.9. The number of hydrogen-bond acceptors (Lipinski definition) is 3. The first-order chi connectivity index (χ1) is 63.3. The zero-order chi connectivity index (χ0) is 91.1. The number of nitrogens with zero attached hydrogens (tertiary/aromatic N) is 4. The Hall–Kier alpha value is -14.2. The van der Waals surface area contributed by atoms with Gasteiger partial charge in [-0.25, -0.2) is 0 Å². The minimum Gasteiger partial charge on any atom is -0.355 e. The van der Waals surface area contributed by atoms with Gasteiger partial charge in [0.2, 0.25) is 0 Å². The average Bonchev–Trinajstić information content (AvgIpc) is 1.31. The third-order valence-electron chi connectivity index (χ3n) is 28.5. The molecule has 0 fully saturated rings. The molecule has 646 valence electrons. The highest BCUT2D eigenvalue weighted by atomic mass is 15.2. The van der Waals surface area contributed by atoms with E-state index in [4.69, 9.17) is 0 Å². The normalized spacial score (nSPS) is 13.2. The quantitative estimate of drug-likeness (QED) is 0.138. The summed E-state index contributed by atoms with van der Waals surface area (Å²) in [5.74, 6) is 0. The number of nitrogens with one attached hydrogen (secondary N) is 1. The maximum absolute atomic E-state index is 4.30. The van der Waals surface area contributed by atoms with Gasteiger partial charge in [-0.15, -0.1) is 0 Å². The second-order valence-electron chi connectivity index (χ2n) is 43.4. The van der Waals surface area contributed by atoms with Crippen molar-refractivity contribution in [1.29, 1.82) is 0 Å². The number of hydrogen-bond donors (Lipinski definition) is 1. The van der Waals surface area contributed by atoms with Crippen LogP contribution in [0.25, 0.3) is 143 Å². The van der Waals surface area contributed by atoms with E-state index in [0.29, 0.717) is 0 Å². The summed E-state index contributed by atoms with van der Waals surface area (Å²) >= 11 is 0. The van der Waals surface area contributed by atoms with Crippen LogP contribution in [0.3, 0.4) is 0 Å². The predicted molar refractivity (Wildman–Crippen MR) is 571 cm³/mol. The van der Waals surface area contributed by atoms with Gasteiger partial charge in [-0.1, -0.05) is 385 Å². The average molecular weight is 1710 g/mol. The Balaban J connectivity index is 0.986. The van der Waals surface area contributed by atoms with E-state index in [2.05, 4.69) is 507 Å². The van der Waals surface area contributed by atoms with Crippen LogP contribution >= 0.6 is 0 Å². The van der Waals surface area contributed by atoms with Gasteiger partial charge in [0.1, 0.15) is 0 Å². The lowest BCUT2D eigenvalue weighted by Crippen LogP contribution is -2.61. The van der Waals surface area contributed by atoms with E-state index in [1.165, 1.54) is 87.6 Å². The fraction of sp³-hybridized carbons (Fsp3) is 0.190. The van der Waals surface area contributed by atoms with Gasteiger partial charge < -0.3 is 24.1 Å². The molecular formula is C126H114BN5. The van der Waals surface area contributed by atoms with Gasteiger partial charge in [0, 0.05) is 94.3 Å². The number of fused-ring (bicyclic) bond motifs is 18. The third-order valence-corrected chi connectivity index (χ3v) is 28.5. The molecule has 1 N–H and O–H groups in total. The molecule has 0 radical (unpaired) electrons. The second-order valence-corrected chi connectivity index (χ2v) is 43.4. The van der Waals surface area contributed by atoms with Crippen LogP contribution in [0, 0.1) is 0 Å².